The fourth-order valence-electron chi connectivity index (χ4n) is 1.96. The molecule has 1 aromatic carbocycles. The molecule has 3 rings (SSSR count). The maximum absolute atomic E-state index is 13.3. The highest BCUT2D eigenvalue weighted by Crippen LogP contribution is 2.39. The predicted octanol–water partition coefficient (Wildman–Crippen LogP) is 4.48. The summed E-state index contributed by atoms with van der Waals surface area (Å²) in [5.41, 5.74) is 0. The van der Waals surface area contributed by atoms with Crippen LogP contribution >= 0.6 is 15.9 Å². The Labute approximate surface area is 130 Å². The number of hydrogen-bond acceptors (Lipinski definition) is 4. The lowest BCUT2D eigenvalue weighted by Crippen LogP contribution is -2.04. The molecule has 2 aromatic rings. The molecule has 6 heteroatoms. The van der Waals surface area contributed by atoms with Crippen molar-refractivity contribution in [3.8, 4) is 11.6 Å². The minimum absolute atomic E-state index is 0.350. The number of hydrogen-bond donors (Lipinski definition) is 1. The molecule has 1 heterocycles. The molecule has 0 radical (unpaired) electrons. The van der Waals surface area contributed by atoms with E-state index in [1.807, 2.05) is 6.92 Å². The van der Waals surface area contributed by atoms with Crippen LogP contribution < -0.4 is 10.1 Å². The van der Waals surface area contributed by atoms with Gasteiger partial charge in [-0.2, -0.15) is 4.98 Å². The van der Waals surface area contributed by atoms with E-state index in [1.165, 1.54) is 12.1 Å². The quantitative estimate of drug-likeness (QED) is 0.862. The summed E-state index contributed by atoms with van der Waals surface area (Å²) < 4.78 is 19.7. The maximum Gasteiger partial charge on any atom is 0.224 e. The molecule has 1 N–H and O–H groups in total. The summed E-state index contributed by atoms with van der Waals surface area (Å²) in [7, 11) is 0. The molecule has 0 unspecified atom stereocenters. The molecule has 110 valence electrons. The topological polar surface area (TPSA) is 47.0 Å². The van der Waals surface area contributed by atoms with Crippen molar-refractivity contribution in [2.45, 2.75) is 25.7 Å². The zero-order valence-corrected chi connectivity index (χ0v) is 13.2. The molecule has 1 aliphatic carbocycles. The molecule has 0 saturated heterocycles. The minimum atomic E-state index is -0.350. The van der Waals surface area contributed by atoms with Gasteiger partial charge in [-0.3, -0.25) is 0 Å². The van der Waals surface area contributed by atoms with Gasteiger partial charge in [0.2, 0.25) is 5.88 Å². The third kappa shape index (κ3) is 3.50. The van der Waals surface area contributed by atoms with E-state index >= 15 is 0 Å². The Kier molecular flexibility index (Phi) is 4.05. The summed E-state index contributed by atoms with van der Waals surface area (Å²) in [4.78, 5) is 8.91. The Balaban J connectivity index is 1.91. The van der Waals surface area contributed by atoms with Gasteiger partial charge in [0, 0.05) is 24.6 Å². The highest BCUT2D eigenvalue weighted by atomic mass is 79.9. The molecular formula is C15H15BrFN3O. The number of benzene rings is 1. The zero-order valence-electron chi connectivity index (χ0n) is 11.6. The van der Waals surface area contributed by atoms with E-state index in [2.05, 4.69) is 31.2 Å². The Morgan fingerprint density at radius 1 is 1.33 bits per heavy atom. The molecule has 0 amide bonds. The average Bonchev–Trinajstić information content (AvgIpc) is 3.28. The Morgan fingerprint density at radius 2 is 2.14 bits per heavy atom. The van der Waals surface area contributed by atoms with Crippen molar-refractivity contribution in [1.29, 1.82) is 0 Å². The molecule has 4 nitrogen and oxygen atoms in total. The number of rotatable bonds is 5. The molecule has 1 saturated carbocycles. The molecular weight excluding hydrogens is 337 g/mol. The maximum atomic E-state index is 13.3. The molecule has 1 aromatic heterocycles. The van der Waals surface area contributed by atoms with E-state index in [0.717, 1.165) is 31.0 Å². The van der Waals surface area contributed by atoms with Gasteiger partial charge in [0.25, 0.3) is 0 Å². The van der Waals surface area contributed by atoms with Gasteiger partial charge in [0.15, 0.2) is 0 Å². The van der Waals surface area contributed by atoms with Crippen LogP contribution in [0.5, 0.6) is 11.6 Å². The van der Waals surface area contributed by atoms with Crippen molar-refractivity contribution >= 4 is 21.7 Å². The van der Waals surface area contributed by atoms with Crippen molar-refractivity contribution in [3.05, 3.63) is 40.4 Å². The summed E-state index contributed by atoms with van der Waals surface area (Å²) in [6.45, 7) is 2.77. The number of aromatic nitrogens is 2. The largest absolute Gasteiger partial charge is 0.438 e. The first kappa shape index (κ1) is 14.3. The van der Waals surface area contributed by atoms with Gasteiger partial charge in [0.1, 0.15) is 23.2 Å². The number of nitrogens with zero attached hydrogens (tertiary/aromatic N) is 2. The van der Waals surface area contributed by atoms with Gasteiger partial charge >= 0.3 is 0 Å². The van der Waals surface area contributed by atoms with Gasteiger partial charge in [-0.1, -0.05) is 0 Å². The monoisotopic (exact) mass is 351 g/mol. The molecule has 0 spiro atoms. The van der Waals surface area contributed by atoms with Crippen molar-refractivity contribution in [1.82, 2.24) is 9.97 Å². The summed E-state index contributed by atoms with van der Waals surface area (Å²) in [6, 6.07) is 6.04. The second-order valence-electron chi connectivity index (χ2n) is 4.93. The van der Waals surface area contributed by atoms with Gasteiger partial charge in [0.05, 0.1) is 4.47 Å². The summed E-state index contributed by atoms with van der Waals surface area (Å²) in [5.74, 6) is 2.42. The number of ether oxygens (including phenoxy) is 1. The van der Waals surface area contributed by atoms with Crippen molar-refractivity contribution in [3.63, 3.8) is 0 Å². The van der Waals surface area contributed by atoms with E-state index in [1.54, 1.807) is 12.1 Å². The van der Waals surface area contributed by atoms with Crippen molar-refractivity contribution < 1.29 is 9.13 Å². The smallest absolute Gasteiger partial charge is 0.224 e. The summed E-state index contributed by atoms with van der Waals surface area (Å²) >= 11 is 3.35. The first-order valence-corrected chi connectivity index (χ1v) is 7.70. The third-order valence-electron chi connectivity index (χ3n) is 3.13. The Bertz CT molecular complexity index is 661. The highest BCUT2D eigenvalue weighted by Gasteiger charge is 2.27. The van der Waals surface area contributed by atoms with Gasteiger partial charge in [-0.25, -0.2) is 9.37 Å². The van der Waals surface area contributed by atoms with Crippen LogP contribution in [0.25, 0.3) is 0 Å². The van der Waals surface area contributed by atoms with Crippen LogP contribution in [-0.2, 0) is 0 Å². The van der Waals surface area contributed by atoms with E-state index in [0.29, 0.717) is 22.0 Å². The first-order valence-electron chi connectivity index (χ1n) is 6.91. The molecule has 1 aliphatic rings. The fraction of sp³-hybridized carbons (Fsp3) is 0.333. The normalized spacial score (nSPS) is 14.0. The molecule has 0 bridgehead atoms. The van der Waals surface area contributed by atoms with Gasteiger partial charge in [-0.05, 0) is 47.8 Å². The van der Waals surface area contributed by atoms with Crippen LogP contribution in [-0.4, -0.2) is 16.5 Å². The fourth-order valence-corrected chi connectivity index (χ4v) is 2.29. The van der Waals surface area contributed by atoms with Gasteiger partial charge < -0.3 is 10.1 Å². The van der Waals surface area contributed by atoms with Crippen molar-refractivity contribution in [2.75, 3.05) is 11.9 Å². The highest BCUT2D eigenvalue weighted by molar-refractivity contribution is 9.10. The lowest BCUT2D eigenvalue weighted by Gasteiger charge is -2.10. The number of anilines is 1. The number of nitrogens with one attached hydrogen (secondary N) is 1. The Morgan fingerprint density at radius 3 is 2.86 bits per heavy atom. The van der Waals surface area contributed by atoms with Crippen LogP contribution in [0, 0.1) is 5.82 Å². The van der Waals surface area contributed by atoms with Crippen molar-refractivity contribution in [2.24, 2.45) is 0 Å². The van der Waals surface area contributed by atoms with E-state index < -0.39 is 0 Å². The standard InChI is InChI=1S/C15H15BrFN3O/c1-2-18-13-8-14(20-15(19-13)9-3-4-9)21-12-7-10(17)5-6-11(12)16/h5-9H,2-4H2,1H3,(H,18,19,20). The second kappa shape index (κ2) is 5.97. The third-order valence-corrected chi connectivity index (χ3v) is 3.78. The van der Waals surface area contributed by atoms with Crippen LogP contribution in [0.2, 0.25) is 0 Å². The SMILES string of the molecule is CCNc1cc(Oc2cc(F)ccc2Br)nc(C2CC2)n1. The van der Waals surface area contributed by atoms with E-state index in [4.69, 9.17) is 4.74 Å². The zero-order chi connectivity index (χ0) is 14.8. The molecule has 21 heavy (non-hydrogen) atoms. The number of halogens is 2. The van der Waals surface area contributed by atoms with E-state index in [-0.39, 0.29) is 5.82 Å². The van der Waals surface area contributed by atoms with Crippen LogP contribution in [0.3, 0.4) is 0 Å². The summed E-state index contributed by atoms with van der Waals surface area (Å²) in [5, 5.41) is 3.17. The van der Waals surface area contributed by atoms with Crippen LogP contribution in [0.4, 0.5) is 10.2 Å². The molecule has 0 atom stereocenters. The summed E-state index contributed by atoms with van der Waals surface area (Å²) in [6.07, 6.45) is 2.22. The van der Waals surface area contributed by atoms with Gasteiger partial charge in [-0.15, -0.1) is 0 Å². The second-order valence-corrected chi connectivity index (χ2v) is 5.79. The first-order chi connectivity index (χ1) is 10.2. The Hall–Kier alpha value is -1.69. The van der Waals surface area contributed by atoms with E-state index in [9.17, 15) is 4.39 Å². The molecule has 1 fully saturated rings. The van der Waals surface area contributed by atoms with Crippen LogP contribution in [0.1, 0.15) is 31.5 Å². The lowest BCUT2D eigenvalue weighted by molar-refractivity contribution is 0.451. The average molecular weight is 352 g/mol. The van der Waals surface area contributed by atoms with Crippen LogP contribution in [0.15, 0.2) is 28.7 Å². The molecule has 0 aliphatic heterocycles. The minimum Gasteiger partial charge on any atom is -0.438 e. The lowest BCUT2D eigenvalue weighted by atomic mass is 10.3. The predicted molar refractivity (Wildman–Crippen MR) is 82.3 cm³/mol.